The molecular weight excluding hydrogens is 461 g/mol. The highest BCUT2D eigenvalue weighted by molar-refractivity contribution is 6.37. The molecule has 0 unspecified atom stereocenters. The van der Waals surface area contributed by atoms with Crippen molar-refractivity contribution >= 4 is 46.4 Å². The Labute approximate surface area is 193 Å². The number of anilines is 1. The maximum Gasteiger partial charge on any atom is 0.276 e. The molecule has 7 nitrogen and oxygen atoms in total. The Kier molecular flexibility index (Phi) is 6.46. The number of carbonyl (C=O) groups excluding carboxylic acids is 1. The number of rotatable bonds is 7. The molecule has 10 heteroatoms. The predicted molar refractivity (Wildman–Crippen MR) is 120 cm³/mol. The fourth-order valence-electron chi connectivity index (χ4n) is 2.79. The van der Waals surface area contributed by atoms with Gasteiger partial charge in [0.1, 0.15) is 0 Å². The van der Waals surface area contributed by atoms with Crippen LogP contribution >= 0.6 is 34.8 Å². The van der Waals surface area contributed by atoms with Crippen LogP contribution in [0.15, 0.2) is 67.1 Å². The summed E-state index contributed by atoms with van der Waals surface area (Å²) in [6.45, 7) is 0.610. The van der Waals surface area contributed by atoms with Crippen LogP contribution in [0.4, 0.5) is 5.69 Å². The maximum absolute atomic E-state index is 12.5. The fraction of sp³-hybridized carbons (Fsp3) is 0.0952. The maximum atomic E-state index is 12.5. The minimum atomic E-state index is -0.361. The van der Waals surface area contributed by atoms with Crippen molar-refractivity contribution < 1.29 is 9.53 Å². The molecule has 2 heterocycles. The van der Waals surface area contributed by atoms with Crippen LogP contribution in [0.25, 0.3) is 0 Å². The summed E-state index contributed by atoms with van der Waals surface area (Å²) in [5, 5.41) is 12.7. The summed E-state index contributed by atoms with van der Waals surface area (Å²) in [4.78, 5) is 12.5. The van der Waals surface area contributed by atoms with E-state index >= 15 is 0 Å². The molecule has 2 aromatic carbocycles. The van der Waals surface area contributed by atoms with Gasteiger partial charge in [0.25, 0.3) is 5.91 Å². The summed E-state index contributed by atoms with van der Waals surface area (Å²) in [7, 11) is 0. The van der Waals surface area contributed by atoms with Crippen LogP contribution in [-0.4, -0.2) is 25.5 Å². The number of nitrogens with zero attached hydrogens (tertiary/aromatic N) is 4. The molecule has 0 radical (unpaired) electrons. The second-order valence-electron chi connectivity index (χ2n) is 6.57. The van der Waals surface area contributed by atoms with Gasteiger partial charge in [-0.2, -0.15) is 10.2 Å². The molecule has 0 aliphatic heterocycles. The zero-order chi connectivity index (χ0) is 21.8. The van der Waals surface area contributed by atoms with E-state index in [2.05, 4.69) is 15.5 Å². The van der Waals surface area contributed by atoms with Crippen LogP contribution < -0.4 is 10.1 Å². The van der Waals surface area contributed by atoms with Gasteiger partial charge in [-0.3, -0.25) is 9.48 Å². The molecule has 0 aliphatic rings. The zero-order valence-corrected chi connectivity index (χ0v) is 18.3. The lowest BCUT2D eigenvalue weighted by molar-refractivity contribution is 0.102. The summed E-state index contributed by atoms with van der Waals surface area (Å²) >= 11 is 18.1. The summed E-state index contributed by atoms with van der Waals surface area (Å²) in [6, 6.07) is 14.2. The smallest absolute Gasteiger partial charge is 0.276 e. The SMILES string of the molecule is O=C(Nc1cnn(Cc2ccc(Cl)cc2)c1)c1ccn(COc2c(Cl)cccc2Cl)n1. The van der Waals surface area contributed by atoms with Crippen molar-refractivity contribution in [1.82, 2.24) is 19.6 Å². The molecule has 2 aromatic heterocycles. The molecular formula is C21H16Cl3N5O2. The Bertz CT molecular complexity index is 1180. The molecule has 1 amide bonds. The molecule has 4 rings (SSSR count). The van der Waals surface area contributed by atoms with Crippen molar-refractivity contribution in [3.8, 4) is 5.75 Å². The molecule has 0 saturated carbocycles. The van der Waals surface area contributed by atoms with E-state index in [1.165, 1.54) is 4.68 Å². The normalized spacial score (nSPS) is 10.8. The number of halogens is 3. The van der Waals surface area contributed by atoms with E-state index in [1.54, 1.807) is 47.5 Å². The van der Waals surface area contributed by atoms with Crippen molar-refractivity contribution in [3.63, 3.8) is 0 Å². The van der Waals surface area contributed by atoms with Crippen molar-refractivity contribution in [2.75, 3.05) is 5.32 Å². The second kappa shape index (κ2) is 9.43. The average Bonchev–Trinajstić information content (AvgIpc) is 3.39. The number of aromatic nitrogens is 4. The lowest BCUT2D eigenvalue weighted by atomic mass is 10.2. The van der Waals surface area contributed by atoms with Crippen molar-refractivity contribution in [3.05, 3.63) is 93.4 Å². The lowest BCUT2D eigenvalue weighted by Crippen LogP contribution is -2.14. The number of para-hydroxylation sites is 1. The van der Waals surface area contributed by atoms with Crippen LogP contribution in [0.2, 0.25) is 15.1 Å². The molecule has 4 aromatic rings. The van der Waals surface area contributed by atoms with Gasteiger partial charge < -0.3 is 10.1 Å². The summed E-state index contributed by atoms with van der Waals surface area (Å²) in [5.41, 5.74) is 1.84. The molecule has 0 atom stereocenters. The lowest BCUT2D eigenvalue weighted by Gasteiger charge is -2.09. The van der Waals surface area contributed by atoms with Crippen LogP contribution in [0.1, 0.15) is 16.1 Å². The highest BCUT2D eigenvalue weighted by Gasteiger charge is 2.12. The number of hydrogen-bond donors (Lipinski definition) is 1. The zero-order valence-electron chi connectivity index (χ0n) is 16.0. The molecule has 0 bridgehead atoms. The minimum absolute atomic E-state index is 0.0513. The first-order valence-electron chi connectivity index (χ1n) is 9.16. The second-order valence-corrected chi connectivity index (χ2v) is 7.82. The first-order chi connectivity index (χ1) is 15.0. The van der Waals surface area contributed by atoms with E-state index in [1.807, 2.05) is 24.3 Å². The van der Waals surface area contributed by atoms with Crippen molar-refractivity contribution in [2.45, 2.75) is 13.3 Å². The quantitative estimate of drug-likeness (QED) is 0.389. The first kappa shape index (κ1) is 21.2. The molecule has 0 saturated heterocycles. The van der Waals surface area contributed by atoms with Gasteiger partial charge in [-0.1, -0.05) is 53.0 Å². The Morgan fingerprint density at radius 1 is 1.00 bits per heavy atom. The third-order valence-corrected chi connectivity index (χ3v) is 5.13. The molecule has 0 fully saturated rings. The van der Waals surface area contributed by atoms with Crippen molar-refractivity contribution in [1.29, 1.82) is 0 Å². The van der Waals surface area contributed by atoms with Gasteiger partial charge in [0.05, 0.1) is 28.5 Å². The Morgan fingerprint density at radius 3 is 2.48 bits per heavy atom. The van der Waals surface area contributed by atoms with Crippen LogP contribution in [0.5, 0.6) is 5.75 Å². The van der Waals surface area contributed by atoms with Gasteiger partial charge in [0.2, 0.25) is 0 Å². The highest BCUT2D eigenvalue weighted by Crippen LogP contribution is 2.32. The Balaban J connectivity index is 1.35. The van der Waals surface area contributed by atoms with Crippen LogP contribution in [0, 0.1) is 0 Å². The predicted octanol–water partition coefficient (Wildman–Crippen LogP) is 5.38. The van der Waals surface area contributed by atoms with Gasteiger partial charge in [-0.25, -0.2) is 4.68 Å². The molecule has 31 heavy (non-hydrogen) atoms. The summed E-state index contributed by atoms with van der Waals surface area (Å²) in [5.74, 6) is 0.000931. The fourth-order valence-corrected chi connectivity index (χ4v) is 3.42. The third kappa shape index (κ3) is 5.38. The third-order valence-electron chi connectivity index (χ3n) is 4.28. The number of ether oxygens (including phenoxy) is 1. The molecule has 1 N–H and O–H groups in total. The van der Waals surface area contributed by atoms with Gasteiger partial charge in [-0.05, 0) is 35.9 Å². The van der Waals surface area contributed by atoms with E-state index in [-0.39, 0.29) is 18.3 Å². The van der Waals surface area contributed by atoms with Gasteiger partial charge in [0, 0.05) is 17.4 Å². The topological polar surface area (TPSA) is 74.0 Å². The molecule has 0 aliphatic carbocycles. The Morgan fingerprint density at radius 2 is 1.74 bits per heavy atom. The average molecular weight is 477 g/mol. The van der Waals surface area contributed by atoms with Gasteiger partial charge in [-0.15, -0.1) is 0 Å². The van der Waals surface area contributed by atoms with Crippen molar-refractivity contribution in [2.24, 2.45) is 0 Å². The van der Waals surface area contributed by atoms with E-state index in [0.717, 1.165) is 5.56 Å². The number of amides is 1. The minimum Gasteiger partial charge on any atom is -0.468 e. The van der Waals surface area contributed by atoms with E-state index < -0.39 is 0 Å². The van der Waals surface area contributed by atoms with Crippen LogP contribution in [0.3, 0.4) is 0 Å². The standard InChI is InChI=1S/C21H16Cl3N5O2/c22-15-6-4-14(5-7-15)11-29-12-16(10-25-29)26-21(30)19-8-9-28(27-19)13-31-20-17(23)2-1-3-18(20)24/h1-10,12H,11,13H2,(H,26,30). The first-order valence-corrected chi connectivity index (χ1v) is 10.3. The largest absolute Gasteiger partial charge is 0.468 e. The summed E-state index contributed by atoms with van der Waals surface area (Å²) in [6.07, 6.45) is 4.95. The summed E-state index contributed by atoms with van der Waals surface area (Å²) < 4.78 is 8.81. The van der Waals surface area contributed by atoms with E-state index in [0.29, 0.717) is 33.0 Å². The van der Waals surface area contributed by atoms with Gasteiger partial charge in [0.15, 0.2) is 18.2 Å². The van der Waals surface area contributed by atoms with Crippen LogP contribution in [-0.2, 0) is 13.3 Å². The van der Waals surface area contributed by atoms with E-state index in [4.69, 9.17) is 39.5 Å². The monoisotopic (exact) mass is 475 g/mol. The van der Waals surface area contributed by atoms with Gasteiger partial charge >= 0.3 is 0 Å². The van der Waals surface area contributed by atoms with E-state index in [9.17, 15) is 4.79 Å². The number of carbonyl (C=O) groups is 1. The molecule has 0 spiro atoms. The number of hydrogen-bond acceptors (Lipinski definition) is 4. The molecule has 158 valence electrons. The highest BCUT2D eigenvalue weighted by atomic mass is 35.5. The number of benzene rings is 2. The Hall–Kier alpha value is -3.00. The number of nitrogens with one attached hydrogen (secondary N) is 1.